The SMILES string of the molecule is CC(C)(CCl)C(=O)Nc1cccc(-c2cc3c(o2)CCN(C(=O)C2CCC2)C3)c1. The molecule has 1 aromatic heterocycles. The van der Waals surface area contributed by atoms with E-state index < -0.39 is 5.41 Å². The largest absolute Gasteiger partial charge is 0.461 e. The van der Waals surface area contributed by atoms with Gasteiger partial charge in [0.25, 0.3) is 0 Å². The van der Waals surface area contributed by atoms with Gasteiger partial charge >= 0.3 is 0 Å². The van der Waals surface area contributed by atoms with Crippen LogP contribution in [0.2, 0.25) is 0 Å². The number of carbonyl (C=O) groups excluding carboxylic acids is 2. The zero-order chi connectivity index (χ0) is 20.6. The monoisotopic (exact) mass is 414 g/mol. The Labute approximate surface area is 176 Å². The van der Waals surface area contributed by atoms with Crippen molar-refractivity contribution in [3.05, 3.63) is 41.7 Å². The number of amides is 2. The molecule has 2 heterocycles. The predicted octanol–water partition coefficient (Wildman–Crippen LogP) is 4.83. The van der Waals surface area contributed by atoms with Crippen molar-refractivity contribution in [3.8, 4) is 11.3 Å². The Kier molecular flexibility index (Phi) is 5.43. The summed E-state index contributed by atoms with van der Waals surface area (Å²) < 4.78 is 6.10. The molecule has 1 N–H and O–H groups in total. The number of nitrogens with zero attached hydrogens (tertiary/aromatic N) is 1. The van der Waals surface area contributed by atoms with E-state index in [0.717, 1.165) is 48.5 Å². The Morgan fingerprint density at radius 1 is 1.28 bits per heavy atom. The molecule has 1 aromatic carbocycles. The molecule has 0 bridgehead atoms. The molecule has 6 heteroatoms. The third-order valence-electron chi connectivity index (χ3n) is 5.99. The summed E-state index contributed by atoms with van der Waals surface area (Å²) in [6, 6.07) is 9.65. The molecule has 2 aliphatic rings. The molecule has 2 amide bonds. The van der Waals surface area contributed by atoms with E-state index in [-0.39, 0.29) is 23.6 Å². The second kappa shape index (κ2) is 7.86. The Bertz CT molecular complexity index is 930. The van der Waals surface area contributed by atoms with Gasteiger partial charge in [-0.15, -0.1) is 11.6 Å². The number of carbonyl (C=O) groups is 2. The van der Waals surface area contributed by atoms with Crippen molar-refractivity contribution in [1.82, 2.24) is 4.90 Å². The fourth-order valence-corrected chi connectivity index (χ4v) is 3.81. The van der Waals surface area contributed by atoms with Crippen LogP contribution in [0, 0.1) is 11.3 Å². The van der Waals surface area contributed by atoms with Crippen LogP contribution < -0.4 is 5.32 Å². The first-order valence-corrected chi connectivity index (χ1v) is 10.8. The molecule has 1 fully saturated rings. The Morgan fingerprint density at radius 3 is 2.76 bits per heavy atom. The standard InChI is InChI=1S/C23H27ClN2O3/c1-23(2,14-24)22(28)25-18-8-4-7-16(11-18)20-12-17-13-26(10-9-19(17)29-20)21(27)15-5-3-6-15/h4,7-8,11-12,15H,3,5-6,9-10,13-14H2,1-2H3,(H,25,28). The zero-order valence-corrected chi connectivity index (χ0v) is 17.7. The average molecular weight is 415 g/mol. The molecule has 0 spiro atoms. The number of nitrogens with one attached hydrogen (secondary N) is 1. The van der Waals surface area contributed by atoms with Crippen molar-refractivity contribution in [2.24, 2.45) is 11.3 Å². The van der Waals surface area contributed by atoms with Crippen molar-refractivity contribution in [3.63, 3.8) is 0 Å². The molecule has 29 heavy (non-hydrogen) atoms. The van der Waals surface area contributed by atoms with Crippen LogP contribution in [0.3, 0.4) is 0 Å². The van der Waals surface area contributed by atoms with Gasteiger partial charge in [-0.2, -0.15) is 0 Å². The van der Waals surface area contributed by atoms with Crippen LogP contribution in [0.15, 0.2) is 34.7 Å². The fourth-order valence-electron chi connectivity index (χ4n) is 3.69. The van der Waals surface area contributed by atoms with E-state index in [0.29, 0.717) is 12.2 Å². The molecule has 1 aliphatic heterocycles. The summed E-state index contributed by atoms with van der Waals surface area (Å²) in [7, 11) is 0. The maximum absolute atomic E-state index is 12.6. The minimum absolute atomic E-state index is 0.117. The van der Waals surface area contributed by atoms with Crippen LogP contribution >= 0.6 is 11.6 Å². The van der Waals surface area contributed by atoms with Crippen LogP contribution in [0.1, 0.15) is 44.4 Å². The maximum atomic E-state index is 12.6. The molecule has 154 valence electrons. The predicted molar refractivity (Wildman–Crippen MR) is 114 cm³/mol. The zero-order valence-electron chi connectivity index (χ0n) is 17.0. The number of furan rings is 1. The lowest BCUT2D eigenvalue weighted by Gasteiger charge is -2.33. The minimum Gasteiger partial charge on any atom is -0.461 e. The number of benzene rings is 1. The lowest BCUT2D eigenvalue weighted by molar-refractivity contribution is -0.139. The van der Waals surface area contributed by atoms with E-state index >= 15 is 0 Å². The number of anilines is 1. The molecule has 0 radical (unpaired) electrons. The number of hydrogen-bond acceptors (Lipinski definition) is 3. The van der Waals surface area contributed by atoms with Gasteiger partial charge in [-0.3, -0.25) is 9.59 Å². The molecule has 4 rings (SSSR count). The van der Waals surface area contributed by atoms with Crippen molar-refractivity contribution in [2.45, 2.75) is 46.1 Å². The lowest BCUT2D eigenvalue weighted by atomic mass is 9.84. The average Bonchev–Trinajstić information content (AvgIpc) is 3.10. The highest BCUT2D eigenvalue weighted by atomic mass is 35.5. The summed E-state index contributed by atoms with van der Waals surface area (Å²) in [5, 5.41) is 2.93. The Hall–Kier alpha value is -2.27. The minimum atomic E-state index is -0.641. The van der Waals surface area contributed by atoms with Crippen molar-refractivity contribution < 1.29 is 14.0 Å². The van der Waals surface area contributed by atoms with Gasteiger partial charge in [-0.1, -0.05) is 18.6 Å². The van der Waals surface area contributed by atoms with E-state index in [2.05, 4.69) is 5.32 Å². The lowest BCUT2D eigenvalue weighted by Crippen LogP contribution is -2.41. The van der Waals surface area contributed by atoms with Gasteiger partial charge in [0.2, 0.25) is 11.8 Å². The van der Waals surface area contributed by atoms with Gasteiger partial charge < -0.3 is 14.6 Å². The first-order valence-electron chi connectivity index (χ1n) is 10.3. The third kappa shape index (κ3) is 4.06. The van der Waals surface area contributed by atoms with E-state index in [1.807, 2.05) is 49.1 Å². The molecular weight excluding hydrogens is 388 g/mol. The highest BCUT2D eigenvalue weighted by Crippen LogP contribution is 2.34. The molecule has 0 unspecified atom stereocenters. The van der Waals surface area contributed by atoms with Crippen LogP contribution in [0.5, 0.6) is 0 Å². The number of alkyl halides is 1. The summed E-state index contributed by atoms with van der Waals surface area (Å²) in [5.41, 5.74) is 2.05. The summed E-state index contributed by atoms with van der Waals surface area (Å²) in [5.74, 6) is 2.36. The van der Waals surface area contributed by atoms with Crippen molar-refractivity contribution >= 4 is 29.1 Å². The van der Waals surface area contributed by atoms with Crippen LogP contribution in [-0.4, -0.2) is 29.1 Å². The highest BCUT2D eigenvalue weighted by molar-refractivity contribution is 6.20. The van der Waals surface area contributed by atoms with Crippen LogP contribution in [-0.2, 0) is 22.6 Å². The molecular formula is C23H27ClN2O3. The maximum Gasteiger partial charge on any atom is 0.231 e. The number of hydrogen-bond donors (Lipinski definition) is 1. The summed E-state index contributed by atoms with van der Waals surface area (Å²) in [6.07, 6.45) is 3.96. The van der Waals surface area contributed by atoms with Gasteiger partial charge in [0.1, 0.15) is 11.5 Å². The first kappa shape index (κ1) is 20.0. The van der Waals surface area contributed by atoms with Gasteiger partial charge in [-0.05, 0) is 44.9 Å². The second-order valence-corrected chi connectivity index (χ2v) is 9.02. The van der Waals surface area contributed by atoms with Crippen LogP contribution in [0.25, 0.3) is 11.3 Å². The molecule has 0 atom stereocenters. The van der Waals surface area contributed by atoms with Gasteiger partial charge in [0.15, 0.2) is 0 Å². The quantitative estimate of drug-likeness (QED) is 0.712. The van der Waals surface area contributed by atoms with Gasteiger partial charge in [0.05, 0.1) is 5.41 Å². The Balaban J connectivity index is 1.50. The smallest absolute Gasteiger partial charge is 0.231 e. The normalized spacial score (nSPS) is 16.9. The van der Waals surface area contributed by atoms with E-state index in [9.17, 15) is 9.59 Å². The van der Waals surface area contributed by atoms with Crippen molar-refractivity contribution in [1.29, 1.82) is 0 Å². The summed E-state index contributed by atoms with van der Waals surface area (Å²) in [4.78, 5) is 26.9. The first-order chi connectivity index (χ1) is 13.9. The van der Waals surface area contributed by atoms with Crippen molar-refractivity contribution in [2.75, 3.05) is 17.7 Å². The summed E-state index contributed by atoms with van der Waals surface area (Å²) >= 11 is 5.90. The topological polar surface area (TPSA) is 62.6 Å². The van der Waals surface area contributed by atoms with Crippen LogP contribution in [0.4, 0.5) is 5.69 Å². The third-order valence-corrected chi connectivity index (χ3v) is 6.65. The van der Waals surface area contributed by atoms with E-state index in [4.69, 9.17) is 16.0 Å². The Morgan fingerprint density at radius 2 is 2.07 bits per heavy atom. The van der Waals surface area contributed by atoms with Gasteiger partial charge in [0, 0.05) is 48.1 Å². The fraction of sp³-hybridized carbons (Fsp3) is 0.478. The summed E-state index contributed by atoms with van der Waals surface area (Å²) in [6.45, 7) is 4.97. The second-order valence-electron chi connectivity index (χ2n) is 8.75. The molecule has 0 saturated heterocycles. The number of rotatable bonds is 5. The molecule has 1 saturated carbocycles. The molecule has 2 aromatic rings. The number of fused-ring (bicyclic) bond motifs is 1. The molecule has 5 nitrogen and oxygen atoms in total. The van der Waals surface area contributed by atoms with E-state index in [1.54, 1.807) is 0 Å². The highest BCUT2D eigenvalue weighted by Gasteiger charge is 2.32. The number of halogens is 1. The van der Waals surface area contributed by atoms with E-state index in [1.165, 1.54) is 6.42 Å². The van der Waals surface area contributed by atoms with Gasteiger partial charge in [-0.25, -0.2) is 0 Å². The molecule has 1 aliphatic carbocycles.